The van der Waals surface area contributed by atoms with Crippen molar-refractivity contribution in [2.75, 3.05) is 25.5 Å². The number of fused-ring (bicyclic) bond motifs is 1. The summed E-state index contributed by atoms with van der Waals surface area (Å²) in [5.41, 5.74) is 3.08. The Morgan fingerprint density at radius 1 is 0.871 bits per heavy atom. The molecule has 0 fully saturated rings. The van der Waals surface area contributed by atoms with Gasteiger partial charge in [0.25, 0.3) is 0 Å². The SMILES string of the molecule is C[N+](CCCNc1cc(=O)c2ccccc2[nH]1)(c1ccccc1)c1ccc(Cl)c(Cl)c1. The number of H-pyrrole nitrogens is 1. The summed E-state index contributed by atoms with van der Waals surface area (Å²) in [4.78, 5) is 15.6. The molecule has 6 heteroatoms. The number of pyridine rings is 1. The fourth-order valence-corrected chi connectivity index (χ4v) is 4.16. The molecule has 2 N–H and O–H groups in total. The molecular formula is C25H24Cl2N3O+. The van der Waals surface area contributed by atoms with Gasteiger partial charge in [-0.05, 0) is 30.3 Å². The van der Waals surface area contributed by atoms with Crippen LogP contribution in [-0.2, 0) is 0 Å². The van der Waals surface area contributed by atoms with Gasteiger partial charge in [0.2, 0.25) is 0 Å². The molecule has 4 aromatic rings. The Morgan fingerprint density at radius 3 is 2.39 bits per heavy atom. The van der Waals surface area contributed by atoms with Crippen molar-refractivity contribution in [1.29, 1.82) is 0 Å². The first-order chi connectivity index (χ1) is 15.0. The molecule has 0 saturated heterocycles. The standard InChI is InChI=1S/C25H23Cl2N3O/c1-30(18-8-3-2-4-9-18,19-12-13-21(26)22(27)16-19)15-7-14-28-25-17-24(31)20-10-5-6-11-23(20)29-25/h2-6,8-13,16-17H,7,14-15H2,1H3,(H-,28,29,31)/p+1. The maximum Gasteiger partial charge on any atom is 0.191 e. The Hall–Kier alpha value is -2.79. The number of nitrogens with zero attached hydrogens (tertiary/aromatic N) is 1. The van der Waals surface area contributed by atoms with Gasteiger partial charge in [0, 0.05) is 36.6 Å². The summed E-state index contributed by atoms with van der Waals surface area (Å²) < 4.78 is 0.591. The lowest BCUT2D eigenvalue weighted by atomic mass is 10.1. The van der Waals surface area contributed by atoms with Crippen LogP contribution in [0.4, 0.5) is 17.2 Å². The van der Waals surface area contributed by atoms with Crippen LogP contribution in [-0.4, -0.2) is 25.1 Å². The predicted molar refractivity (Wildman–Crippen MR) is 133 cm³/mol. The van der Waals surface area contributed by atoms with Gasteiger partial charge in [0.05, 0.1) is 29.2 Å². The fraction of sp³-hybridized carbons (Fsp3) is 0.160. The van der Waals surface area contributed by atoms with Crippen molar-refractivity contribution in [2.45, 2.75) is 6.42 Å². The largest absolute Gasteiger partial charge is 0.371 e. The Morgan fingerprint density at radius 2 is 1.61 bits per heavy atom. The van der Waals surface area contributed by atoms with Gasteiger partial charge in [-0.2, -0.15) is 0 Å². The summed E-state index contributed by atoms with van der Waals surface area (Å²) in [7, 11) is 2.17. The number of benzene rings is 3. The highest BCUT2D eigenvalue weighted by molar-refractivity contribution is 6.42. The van der Waals surface area contributed by atoms with E-state index in [0.29, 0.717) is 19.9 Å². The van der Waals surface area contributed by atoms with Crippen LogP contribution in [0.5, 0.6) is 0 Å². The second-order valence-electron chi connectivity index (χ2n) is 7.72. The lowest BCUT2D eigenvalue weighted by Crippen LogP contribution is -2.41. The van der Waals surface area contributed by atoms with Crippen LogP contribution >= 0.6 is 23.2 Å². The quantitative estimate of drug-likeness (QED) is 0.244. The Kier molecular flexibility index (Phi) is 6.33. The maximum absolute atomic E-state index is 12.3. The minimum Gasteiger partial charge on any atom is -0.371 e. The summed E-state index contributed by atoms with van der Waals surface area (Å²) in [6, 6.07) is 25.3. The van der Waals surface area contributed by atoms with Gasteiger partial charge >= 0.3 is 0 Å². The highest BCUT2D eigenvalue weighted by Crippen LogP contribution is 2.36. The predicted octanol–water partition coefficient (Wildman–Crippen LogP) is 6.61. The highest BCUT2D eigenvalue weighted by atomic mass is 35.5. The fourth-order valence-electron chi connectivity index (χ4n) is 3.87. The number of aromatic amines is 1. The van der Waals surface area contributed by atoms with Crippen LogP contribution in [0.1, 0.15) is 6.42 Å². The van der Waals surface area contributed by atoms with Crippen LogP contribution in [0.15, 0.2) is 83.7 Å². The van der Waals surface area contributed by atoms with E-state index >= 15 is 0 Å². The van der Waals surface area contributed by atoms with Crippen LogP contribution < -0.4 is 15.2 Å². The van der Waals surface area contributed by atoms with Crippen molar-refractivity contribution in [1.82, 2.24) is 9.47 Å². The van der Waals surface area contributed by atoms with E-state index < -0.39 is 0 Å². The lowest BCUT2D eigenvalue weighted by molar-refractivity contribution is 0.450. The average Bonchev–Trinajstić information content (AvgIpc) is 2.79. The number of hydrogen-bond donors (Lipinski definition) is 2. The molecule has 158 valence electrons. The molecule has 0 spiro atoms. The van der Waals surface area contributed by atoms with Gasteiger partial charge in [-0.1, -0.05) is 53.5 Å². The molecule has 4 nitrogen and oxygen atoms in total. The Bertz CT molecular complexity index is 1260. The molecule has 0 aliphatic carbocycles. The number of nitrogens with one attached hydrogen (secondary N) is 2. The van der Waals surface area contributed by atoms with Crippen LogP contribution in [0.25, 0.3) is 10.9 Å². The third kappa shape index (κ3) is 4.62. The molecule has 4 rings (SSSR count). The molecule has 0 aliphatic heterocycles. The molecule has 31 heavy (non-hydrogen) atoms. The van der Waals surface area contributed by atoms with Gasteiger partial charge < -0.3 is 10.3 Å². The van der Waals surface area contributed by atoms with E-state index in [-0.39, 0.29) is 5.43 Å². The average molecular weight is 453 g/mol. The topological polar surface area (TPSA) is 44.9 Å². The highest BCUT2D eigenvalue weighted by Gasteiger charge is 2.28. The molecule has 1 atom stereocenters. The van der Waals surface area contributed by atoms with E-state index in [1.54, 1.807) is 6.07 Å². The zero-order valence-electron chi connectivity index (χ0n) is 17.2. The first-order valence-electron chi connectivity index (χ1n) is 10.2. The Balaban J connectivity index is 1.52. The first kappa shape index (κ1) is 21.4. The molecule has 0 saturated carbocycles. The van der Waals surface area contributed by atoms with Gasteiger partial charge in [-0.15, -0.1) is 0 Å². The molecule has 1 aromatic heterocycles. The zero-order valence-corrected chi connectivity index (χ0v) is 18.8. The second-order valence-corrected chi connectivity index (χ2v) is 8.54. The first-order valence-corrected chi connectivity index (χ1v) is 11.0. The van der Waals surface area contributed by atoms with Gasteiger partial charge in [-0.25, -0.2) is 0 Å². The second kappa shape index (κ2) is 9.15. The van der Waals surface area contributed by atoms with E-state index in [9.17, 15) is 4.79 Å². The van der Waals surface area contributed by atoms with Crippen molar-refractivity contribution >= 4 is 51.3 Å². The summed E-state index contributed by atoms with van der Waals surface area (Å²) in [6.07, 6.45) is 0.875. The minimum absolute atomic E-state index is 0.0116. The number of quaternary nitrogens is 1. The van der Waals surface area contributed by atoms with E-state index in [1.807, 2.05) is 60.7 Å². The molecule has 1 unspecified atom stereocenters. The number of para-hydroxylation sites is 2. The summed E-state index contributed by atoms with van der Waals surface area (Å²) in [6.45, 7) is 1.56. The van der Waals surface area contributed by atoms with Crippen molar-refractivity contribution < 1.29 is 0 Å². The Labute approximate surface area is 191 Å². The molecule has 3 aromatic carbocycles. The molecule has 0 aliphatic rings. The monoisotopic (exact) mass is 452 g/mol. The van der Waals surface area contributed by atoms with Crippen LogP contribution in [0, 0.1) is 0 Å². The number of hydrogen-bond acceptors (Lipinski definition) is 2. The zero-order chi connectivity index (χ0) is 21.8. The summed E-state index contributed by atoms with van der Waals surface area (Å²) >= 11 is 12.5. The van der Waals surface area contributed by atoms with Crippen molar-refractivity contribution in [3.63, 3.8) is 0 Å². The third-order valence-corrected chi connectivity index (χ3v) is 6.37. The van der Waals surface area contributed by atoms with E-state index in [1.165, 1.54) is 5.69 Å². The molecule has 0 amide bonds. The van der Waals surface area contributed by atoms with Crippen molar-refractivity contribution in [3.05, 3.63) is 99.1 Å². The number of aromatic nitrogens is 1. The normalized spacial score (nSPS) is 13.1. The molecule has 1 heterocycles. The minimum atomic E-state index is 0.0116. The van der Waals surface area contributed by atoms with E-state index in [2.05, 4.69) is 29.5 Å². The number of anilines is 1. The van der Waals surface area contributed by atoms with E-state index in [4.69, 9.17) is 23.2 Å². The smallest absolute Gasteiger partial charge is 0.191 e. The summed E-state index contributed by atoms with van der Waals surface area (Å²) in [5.74, 6) is 0.729. The molecule has 0 bridgehead atoms. The van der Waals surface area contributed by atoms with Crippen molar-refractivity contribution in [3.8, 4) is 0 Å². The number of halogens is 2. The van der Waals surface area contributed by atoms with Crippen LogP contribution in [0.3, 0.4) is 0 Å². The lowest BCUT2D eigenvalue weighted by Gasteiger charge is -2.34. The summed E-state index contributed by atoms with van der Waals surface area (Å²) in [5, 5.41) is 5.15. The van der Waals surface area contributed by atoms with Gasteiger partial charge in [0.15, 0.2) is 5.43 Å². The van der Waals surface area contributed by atoms with Crippen LogP contribution in [0.2, 0.25) is 10.0 Å². The molecule has 0 radical (unpaired) electrons. The van der Waals surface area contributed by atoms with Gasteiger partial charge in [-0.3, -0.25) is 9.28 Å². The third-order valence-electron chi connectivity index (χ3n) is 5.63. The van der Waals surface area contributed by atoms with Crippen molar-refractivity contribution in [2.24, 2.45) is 0 Å². The van der Waals surface area contributed by atoms with E-state index in [0.717, 1.165) is 36.5 Å². The number of rotatable bonds is 7. The molecular weight excluding hydrogens is 429 g/mol. The maximum atomic E-state index is 12.3. The van der Waals surface area contributed by atoms with Gasteiger partial charge in [0.1, 0.15) is 17.2 Å².